The Morgan fingerprint density at radius 1 is 1.21 bits per heavy atom. The van der Waals surface area contributed by atoms with E-state index < -0.39 is 0 Å². The zero-order chi connectivity index (χ0) is 32.0. The molecule has 1 saturated heterocycles. The van der Waals surface area contributed by atoms with E-state index in [-0.39, 0.29) is 18.7 Å². The van der Waals surface area contributed by atoms with Crippen molar-refractivity contribution in [2.75, 3.05) is 57.2 Å². The number of benzene rings is 1. The third-order valence-corrected chi connectivity index (χ3v) is 6.33. The van der Waals surface area contributed by atoms with Crippen molar-refractivity contribution in [3.05, 3.63) is 67.9 Å². The Hall–Kier alpha value is -4.22. The minimum Gasteiger partial charge on any atom is -0.494 e. The third kappa shape index (κ3) is 12.7. The number of likely N-dealkylation sites (N-methyl/N-ethyl adjacent to an activating group) is 1. The molecule has 1 fully saturated rings. The van der Waals surface area contributed by atoms with Gasteiger partial charge >= 0.3 is 0 Å². The van der Waals surface area contributed by atoms with Crippen LogP contribution in [0.2, 0.25) is 0 Å². The predicted molar refractivity (Wildman–Crippen MR) is 181 cm³/mol. The largest absolute Gasteiger partial charge is 0.494 e. The normalized spacial score (nSPS) is 17.6. The molecule has 0 saturated carbocycles. The molecule has 236 valence electrons. The smallest absolute Gasteiger partial charge is 0.247 e. The number of nitrogens with one attached hydrogen (secondary N) is 2. The average molecular weight is 595 g/mol. The number of guanidine groups is 1. The van der Waals surface area contributed by atoms with Crippen molar-refractivity contribution in [3.8, 4) is 5.75 Å². The minimum absolute atomic E-state index is 0.00288. The fourth-order valence-corrected chi connectivity index (χ4v) is 4.04. The van der Waals surface area contributed by atoms with Gasteiger partial charge in [0.25, 0.3) is 0 Å². The first-order chi connectivity index (χ1) is 21.0. The van der Waals surface area contributed by atoms with Crippen LogP contribution in [-0.2, 0) is 4.79 Å². The molecule has 1 aromatic rings. The summed E-state index contributed by atoms with van der Waals surface area (Å²) in [7, 11) is 3.85. The lowest BCUT2D eigenvalue weighted by atomic mass is 10.2. The molecule has 0 spiro atoms. The van der Waals surface area contributed by atoms with Gasteiger partial charge in [-0.3, -0.25) is 4.79 Å². The quantitative estimate of drug-likeness (QED) is 0.228. The average Bonchev–Trinajstić information content (AvgIpc) is 3.07. The van der Waals surface area contributed by atoms with Crippen LogP contribution in [0, 0.1) is 0 Å². The van der Waals surface area contributed by atoms with Crippen molar-refractivity contribution >= 4 is 35.8 Å². The van der Waals surface area contributed by atoms with E-state index in [2.05, 4.69) is 74.4 Å². The van der Waals surface area contributed by atoms with Crippen molar-refractivity contribution in [2.24, 2.45) is 15.1 Å². The number of aliphatic imine (C=N–C) groups is 2. The van der Waals surface area contributed by atoms with E-state index in [1.165, 1.54) is 11.8 Å². The van der Waals surface area contributed by atoms with E-state index >= 15 is 0 Å². The SMILES string of the molecule is C=C.C=CC(=O)N/C(=C/C=C\CO)CC.CC.COc1cc(N2CCN(C)CC2)ccc1NC1=NC2CCC=NN2C=N1. The Morgan fingerprint density at radius 3 is 2.56 bits per heavy atom. The number of hydrogen-bond donors (Lipinski definition) is 3. The highest BCUT2D eigenvalue weighted by Gasteiger charge is 2.22. The second-order valence-electron chi connectivity index (χ2n) is 9.08. The van der Waals surface area contributed by atoms with Crippen molar-refractivity contribution in [1.82, 2.24) is 15.2 Å². The van der Waals surface area contributed by atoms with Gasteiger partial charge in [0.05, 0.1) is 19.4 Å². The van der Waals surface area contributed by atoms with Crippen LogP contribution in [0.25, 0.3) is 0 Å². The molecule has 0 radical (unpaired) electrons. The maximum atomic E-state index is 10.9. The summed E-state index contributed by atoms with van der Waals surface area (Å²) in [6, 6.07) is 6.24. The number of carbonyl (C=O) groups excluding carboxylic acids is 1. The summed E-state index contributed by atoms with van der Waals surface area (Å²) in [6.07, 6.45) is 12.5. The molecule has 3 heterocycles. The second-order valence-corrected chi connectivity index (χ2v) is 9.08. The van der Waals surface area contributed by atoms with Crippen LogP contribution in [0.15, 0.2) is 83.0 Å². The van der Waals surface area contributed by atoms with Gasteiger partial charge in [0.2, 0.25) is 11.9 Å². The number of piperazine rings is 1. The summed E-state index contributed by atoms with van der Waals surface area (Å²) in [6.45, 7) is 19.5. The van der Waals surface area contributed by atoms with Crippen LogP contribution in [0.1, 0.15) is 40.0 Å². The standard InChI is InChI=1S/C18H25N7O.C10H15NO2.C2H6.C2H4/c1-23-8-10-24(11-9-23)14-5-6-15(16(12-14)26-2)21-18-19-13-25-17(22-18)4-3-7-20-25;1-3-9(7-5-6-8-12)11-10(13)4-2;2*1-2/h5-7,12-13,17H,3-4,8-11H2,1-2H3,(H,21,22);4-7,12H,2-3,8H2,1H3,(H,11,13);1-2H3;1-2H2/b;6-5-,9-7+;;. The summed E-state index contributed by atoms with van der Waals surface area (Å²) >= 11 is 0. The molecule has 0 aliphatic carbocycles. The summed E-state index contributed by atoms with van der Waals surface area (Å²) in [5, 5.41) is 20.5. The monoisotopic (exact) mass is 594 g/mol. The number of anilines is 2. The fourth-order valence-electron chi connectivity index (χ4n) is 4.04. The van der Waals surface area contributed by atoms with Crippen LogP contribution in [0.3, 0.4) is 0 Å². The number of amides is 1. The van der Waals surface area contributed by atoms with Crippen molar-refractivity contribution in [3.63, 3.8) is 0 Å². The number of fused-ring (bicyclic) bond motifs is 1. The van der Waals surface area contributed by atoms with Crippen LogP contribution in [0.5, 0.6) is 5.75 Å². The first-order valence-corrected chi connectivity index (χ1v) is 14.7. The molecule has 11 heteroatoms. The molecule has 11 nitrogen and oxygen atoms in total. The lowest BCUT2D eigenvalue weighted by Gasteiger charge is -2.34. The van der Waals surface area contributed by atoms with Gasteiger partial charge in [0.1, 0.15) is 18.3 Å². The van der Waals surface area contributed by atoms with Crippen molar-refractivity contribution in [1.29, 1.82) is 0 Å². The fraction of sp³-hybridized carbons (Fsp3) is 0.438. The van der Waals surface area contributed by atoms with Gasteiger partial charge < -0.3 is 30.3 Å². The number of methoxy groups -OCH3 is 1. The summed E-state index contributed by atoms with van der Waals surface area (Å²) < 4.78 is 5.61. The lowest BCUT2D eigenvalue weighted by molar-refractivity contribution is -0.115. The molecule has 0 aromatic heterocycles. The molecule has 0 bridgehead atoms. The van der Waals surface area contributed by atoms with Gasteiger partial charge in [0.15, 0.2) is 0 Å². The molecule has 1 amide bonds. The van der Waals surface area contributed by atoms with E-state index in [4.69, 9.17) is 9.84 Å². The van der Waals surface area contributed by atoms with E-state index in [0.29, 0.717) is 5.96 Å². The number of nitrogens with zero attached hydrogens (tertiary/aromatic N) is 6. The van der Waals surface area contributed by atoms with Crippen LogP contribution in [0.4, 0.5) is 11.4 Å². The molecule has 43 heavy (non-hydrogen) atoms. The Morgan fingerprint density at radius 2 is 1.93 bits per heavy atom. The molecule has 1 aromatic carbocycles. The Bertz CT molecular complexity index is 1140. The van der Waals surface area contributed by atoms with Crippen LogP contribution >= 0.6 is 0 Å². The van der Waals surface area contributed by atoms with Crippen LogP contribution in [-0.4, -0.2) is 92.5 Å². The maximum Gasteiger partial charge on any atom is 0.247 e. The number of ether oxygens (including phenoxy) is 1. The Labute approximate surface area is 257 Å². The van der Waals surface area contributed by atoms with Gasteiger partial charge in [-0.15, -0.1) is 13.2 Å². The number of hydrogen-bond acceptors (Lipinski definition) is 10. The van der Waals surface area contributed by atoms with E-state index in [1.807, 2.05) is 33.1 Å². The van der Waals surface area contributed by atoms with Gasteiger partial charge in [-0.05, 0) is 50.6 Å². The highest BCUT2D eigenvalue weighted by Crippen LogP contribution is 2.31. The molecule has 4 rings (SSSR count). The van der Waals surface area contributed by atoms with E-state index in [1.54, 1.807) is 36.7 Å². The number of rotatable bonds is 8. The summed E-state index contributed by atoms with van der Waals surface area (Å²) in [5.74, 6) is 1.17. The van der Waals surface area contributed by atoms with Gasteiger partial charge in [-0.2, -0.15) is 5.10 Å². The van der Waals surface area contributed by atoms with E-state index in [0.717, 1.165) is 62.6 Å². The predicted octanol–water partition coefficient (Wildman–Crippen LogP) is 4.62. The molecular formula is C32H50N8O3. The number of aliphatic hydroxyl groups excluding tert-OH is 1. The van der Waals surface area contributed by atoms with Crippen molar-refractivity contribution < 1.29 is 14.6 Å². The maximum absolute atomic E-state index is 10.9. The number of hydrazone groups is 1. The second kappa shape index (κ2) is 21.5. The summed E-state index contributed by atoms with van der Waals surface area (Å²) in [5.41, 5.74) is 2.85. The molecule has 3 aliphatic heterocycles. The number of aliphatic hydroxyl groups is 1. The summed E-state index contributed by atoms with van der Waals surface area (Å²) in [4.78, 5) is 24.6. The zero-order valence-electron chi connectivity index (χ0n) is 26.5. The van der Waals surface area contributed by atoms with Crippen LogP contribution < -0.4 is 20.3 Å². The lowest BCUT2D eigenvalue weighted by Crippen LogP contribution is -2.44. The molecular weight excluding hydrogens is 544 g/mol. The van der Waals surface area contributed by atoms with Gasteiger partial charge in [-0.25, -0.2) is 15.0 Å². The first-order valence-electron chi connectivity index (χ1n) is 14.7. The number of carbonyl (C=O) groups is 1. The molecule has 1 atom stereocenters. The molecule has 3 N–H and O–H groups in total. The van der Waals surface area contributed by atoms with Gasteiger partial charge in [0, 0.05) is 49.8 Å². The zero-order valence-corrected chi connectivity index (χ0v) is 26.5. The van der Waals surface area contributed by atoms with Crippen molar-refractivity contribution in [2.45, 2.75) is 46.2 Å². The highest BCUT2D eigenvalue weighted by atomic mass is 16.5. The topological polar surface area (TPSA) is 117 Å². The first kappa shape index (κ1) is 36.8. The Kier molecular flexibility index (Phi) is 18.4. The highest BCUT2D eigenvalue weighted by molar-refractivity contribution is 6.00. The third-order valence-electron chi connectivity index (χ3n) is 6.33. The number of allylic oxidation sites excluding steroid dienone is 3. The van der Waals surface area contributed by atoms with Gasteiger partial charge in [-0.1, -0.05) is 39.5 Å². The van der Waals surface area contributed by atoms with E-state index in [9.17, 15) is 4.79 Å². The molecule has 3 aliphatic rings. The molecule has 1 unspecified atom stereocenters. The minimum atomic E-state index is -0.217. The Balaban J connectivity index is 0.000000463.